The van der Waals surface area contributed by atoms with Crippen LogP contribution in [0.25, 0.3) is 11.3 Å². The maximum absolute atomic E-state index is 14.0. The molecule has 1 heterocycles. The first-order chi connectivity index (χ1) is 15.7. The minimum atomic E-state index is -0.393. The summed E-state index contributed by atoms with van der Waals surface area (Å²) in [6, 6.07) is 10.3. The number of rotatable bonds is 7. The molecule has 1 aliphatic rings. The number of ether oxygens (including phenoxy) is 1. The zero-order chi connectivity index (χ0) is 24.7. The summed E-state index contributed by atoms with van der Waals surface area (Å²) in [6.07, 6.45) is 2.25. The number of benzene rings is 2. The van der Waals surface area contributed by atoms with Crippen molar-refractivity contribution in [3.8, 4) is 5.75 Å². The number of aromatic hydroxyl groups is 1. The number of aliphatic hydroxyl groups excluding tert-OH is 1. The van der Waals surface area contributed by atoms with E-state index >= 15 is 0 Å². The summed E-state index contributed by atoms with van der Waals surface area (Å²) in [4.78, 5) is 2.05. The summed E-state index contributed by atoms with van der Waals surface area (Å²) < 4.78 is 19.4. The number of methoxy groups -OCH3 is 1. The fourth-order valence-corrected chi connectivity index (χ4v) is 3.88. The van der Waals surface area contributed by atoms with Crippen molar-refractivity contribution >= 4 is 11.3 Å². The molecule has 0 aromatic heterocycles. The van der Waals surface area contributed by atoms with E-state index in [-0.39, 0.29) is 24.1 Å². The van der Waals surface area contributed by atoms with Gasteiger partial charge in [0.1, 0.15) is 11.6 Å². The Labute approximate surface area is 198 Å². The lowest BCUT2D eigenvalue weighted by atomic mass is 9.83. The molecule has 0 radical (unpaired) electrons. The second-order valence-electron chi connectivity index (χ2n) is 8.71. The molecule has 1 aliphatic heterocycles. The number of phenols is 1. The van der Waals surface area contributed by atoms with Crippen molar-refractivity contribution in [1.82, 2.24) is 4.90 Å². The number of aliphatic hydroxyl groups is 1. The maximum Gasteiger partial charge on any atom is 0.126 e. The minimum Gasteiger partial charge on any atom is -0.508 e. The highest BCUT2D eigenvalue weighted by molar-refractivity contribution is 5.92. The number of aryl methyl sites for hydroxylation is 1. The van der Waals surface area contributed by atoms with E-state index in [0.29, 0.717) is 12.1 Å². The lowest BCUT2D eigenvalue weighted by molar-refractivity contribution is 0.0364. The monoisotopic (exact) mass is 455 g/mol. The third-order valence-corrected chi connectivity index (χ3v) is 5.87. The molecule has 1 atom stereocenters. The van der Waals surface area contributed by atoms with Crippen LogP contribution in [0.2, 0.25) is 0 Å². The first kappa shape index (κ1) is 26.6. The van der Waals surface area contributed by atoms with Crippen molar-refractivity contribution in [1.29, 1.82) is 0 Å². The lowest BCUT2D eigenvalue weighted by Gasteiger charge is -2.40. The van der Waals surface area contributed by atoms with Crippen LogP contribution in [0, 0.1) is 18.7 Å². The molecule has 2 aromatic rings. The van der Waals surface area contributed by atoms with Gasteiger partial charge in [0, 0.05) is 29.6 Å². The highest BCUT2D eigenvalue weighted by atomic mass is 19.1. The number of phenolic OH excluding ortho intramolecular Hbond substituents is 1. The van der Waals surface area contributed by atoms with Gasteiger partial charge in [-0.15, -0.1) is 0 Å². The van der Waals surface area contributed by atoms with Gasteiger partial charge in [-0.1, -0.05) is 53.2 Å². The minimum absolute atomic E-state index is 0.121. The molecule has 33 heavy (non-hydrogen) atoms. The summed E-state index contributed by atoms with van der Waals surface area (Å²) in [7, 11) is 1.57. The second kappa shape index (κ2) is 12.0. The first-order valence-electron chi connectivity index (χ1n) is 11.6. The van der Waals surface area contributed by atoms with Crippen LogP contribution in [-0.2, 0) is 4.74 Å². The third kappa shape index (κ3) is 6.04. The molecule has 0 fully saturated rings. The van der Waals surface area contributed by atoms with Crippen LogP contribution in [0.3, 0.4) is 0 Å². The van der Waals surface area contributed by atoms with Crippen LogP contribution >= 0.6 is 0 Å². The molecule has 0 aliphatic carbocycles. The largest absolute Gasteiger partial charge is 0.508 e. The fourth-order valence-electron chi connectivity index (χ4n) is 3.88. The van der Waals surface area contributed by atoms with Crippen molar-refractivity contribution in [3.05, 3.63) is 76.7 Å². The topological polar surface area (TPSA) is 52.9 Å². The SMILES string of the molecule is C=C1c2cc(O)ccc2C(c2ccc(F)c(C)c2)=C(C(C)C)N1CC(CO)OC.CCCC. The van der Waals surface area contributed by atoms with E-state index in [1.807, 2.05) is 17.0 Å². The molecule has 2 aromatic carbocycles. The summed E-state index contributed by atoms with van der Waals surface area (Å²) in [5.41, 5.74) is 5.94. The third-order valence-electron chi connectivity index (χ3n) is 5.87. The standard InChI is InChI=1S/C24H28FNO3.C4H10/c1-14(2)24-23(17-6-9-22(25)15(3)10-17)20-8-7-18(28)11-21(20)16(4)26(24)12-19(13-27)29-5;1-3-4-2/h6-11,14,19,27-28H,4,12-13H2,1-3,5H3;3-4H2,1-2H3. The van der Waals surface area contributed by atoms with E-state index in [4.69, 9.17) is 4.74 Å². The Bertz CT molecular complexity index is 991. The number of nitrogens with zero attached hydrogens (tertiary/aromatic N) is 1. The number of allylic oxidation sites excluding steroid dienone is 1. The van der Waals surface area contributed by atoms with Gasteiger partial charge in [0.25, 0.3) is 0 Å². The average molecular weight is 456 g/mol. The molecule has 2 N–H and O–H groups in total. The molecule has 180 valence electrons. The van der Waals surface area contributed by atoms with E-state index in [1.54, 1.807) is 32.2 Å². The van der Waals surface area contributed by atoms with Crippen molar-refractivity contribution in [2.45, 2.75) is 53.6 Å². The van der Waals surface area contributed by atoms with Crippen LogP contribution in [0.15, 0.2) is 48.7 Å². The molecule has 4 nitrogen and oxygen atoms in total. The highest BCUT2D eigenvalue weighted by Crippen LogP contribution is 2.44. The van der Waals surface area contributed by atoms with Gasteiger partial charge in [-0.3, -0.25) is 0 Å². The Balaban J connectivity index is 0.000000890. The molecule has 1 unspecified atom stereocenters. The van der Waals surface area contributed by atoms with Gasteiger partial charge in [0.2, 0.25) is 0 Å². The zero-order valence-corrected chi connectivity index (χ0v) is 20.8. The Kier molecular flexibility index (Phi) is 9.69. The number of hydrogen-bond acceptors (Lipinski definition) is 4. The Hall–Kier alpha value is -2.63. The maximum atomic E-state index is 14.0. The van der Waals surface area contributed by atoms with Gasteiger partial charge < -0.3 is 19.8 Å². The molecule has 3 rings (SSSR count). The Morgan fingerprint density at radius 2 is 1.73 bits per heavy atom. The first-order valence-corrected chi connectivity index (χ1v) is 11.6. The van der Waals surface area contributed by atoms with Crippen molar-refractivity contribution < 1.29 is 19.3 Å². The van der Waals surface area contributed by atoms with E-state index in [1.165, 1.54) is 18.9 Å². The van der Waals surface area contributed by atoms with Gasteiger partial charge in [-0.25, -0.2) is 4.39 Å². The molecule has 0 saturated carbocycles. The summed E-state index contributed by atoms with van der Waals surface area (Å²) >= 11 is 0. The molecule has 5 heteroatoms. The lowest BCUT2D eigenvalue weighted by Crippen LogP contribution is -2.37. The molecular formula is C28H38FNO3. The number of hydrogen-bond donors (Lipinski definition) is 2. The van der Waals surface area contributed by atoms with Crippen molar-refractivity contribution in [2.75, 3.05) is 20.3 Å². The van der Waals surface area contributed by atoms with Gasteiger partial charge in [-0.2, -0.15) is 0 Å². The van der Waals surface area contributed by atoms with Crippen molar-refractivity contribution in [2.24, 2.45) is 5.92 Å². The van der Waals surface area contributed by atoms with E-state index in [9.17, 15) is 14.6 Å². The summed E-state index contributed by atoms with van der Waals surface area (Å²) in [6.45, 7) is 14.9. The molecule has 0 spiro atoms. The molecule has 0 amide bonds. The highest BCUT2D eigenvalue weighted by Gasteiger charge is 2.32. The van der Waals surface area contributed by atoms with Crippen LogP contribution in [0.1, 0.15) is 62.8 Å². The van der Waals surface area contributed by atoms with E-state index in [0.717, 1.165) is 33.7 Å². The van der Waals surface area contributed by atoms with E-state index in [2.05, 4.69) is 34.3 Å². The van der Waals surface area contributed by atoms with Gasteiger partial charge in [-0.05, 0) is 59.9 Å². The van der Waals surface area contributed by atoms with Crippen LogP contribution in [0.5, 0.6) is 5.75 Å². The normalized spacial score (nSPS) is 14.2. The quantitative estimate of drug-likeness (QED) is 0.510. The average Bonchev–Trinajstić information content (AvgIpc) is 2.80. The number of halogens is 1. The van der Waals surface area contributed by atoms with Gasteiger partial charge in [0.15, 0.2) is 0 Å². The Morgan fingerprint density at radius 1 is 1.06 bits per heavy atom. The number of unbranched alkanes of at least 4 members (excludes halogenated alkanes) is 1. The van der Waals surface area contributed by atoms with Crippen LogP contribution < -0.4 is 0 Å². The molecule has 0 bridgehead atoms. The smallest absolute Gasteiger partial charge is 0.126 e. The predicted molar refractivity (Wildman–Crippen MR) is 134 cm³/mol. The van der Waals surface area contributed by atoms with Gasteiger partial charge >= 0.3 is 0 Å². The van der Waals surface area contributed by atoms with Crippen LogP contribution in [-0.4, -0.2) is 41.5 Å². The summed E-state index contributed by atoms with van der Waals surface area (Å²) in [5, 5.41) is 19.8. The Morgan fingerprint density at radius 3 is 2.24 bits per heavy atom. The molecular weight excluding hydrogens is 417 g/mol. The van der Waals surface area contributed by atoms with Crippen LogP contribution in [0.4, 0.5) is 4.39 Å². The summed E-state index contributed by atoms with van der Waals surface area (Å²) in [5.74, 6) is 0.0337. The molecule has 0 saturated heterocycles. The van der Waals surface area contributed by atoms with Crippen molar-refractivity contribution in [3.63, 3.8) is 0 Å². The fraction of sp³-hybridized carbons (Fsp3) is 0.429. The van der Waals surface area contributed by atoms with E-state index < -0.39 is 6.10 Å². The van der Waals surface area contributed by atoms with Gasteiger partial charge in [0.05, 0.1) is 19.3 Å². The zero-order valence-electron chi connectivity index (χ0n) is 20.8. The number of fused-ring (bicyclic) bond motifs is 1. The second-order valence-corrected chi connectivity index (χ2v) is 8.71. The predicted octanol–water partition coefficient (Wildman–Crippen LogP) is 6.36.